The number of aromatic nitrogens is 1. The van der Waals surface area contributed by atoms with Gasteiger partial charge >= 0.3 is 6.18 Å². The van der Waals surface area contributed by atoms with Gasteiger partial charge in [-0.05, 0) is 68.1 Å². The third-order valence-corrected chi connectivity index (χ3v) is 8.39. The number of nitrogens with one attached hydrogen (secondary N) is 1. The van der Waals surface area contributed by atoms with Gasteiger partial charge < -0.3 is 15.2 Å². The number of ether oxygens (including phenoxy) is 1. The number of halogens is 3. The van der Waals surface area contributed by atoms with Gasteiger partial charge in [-0.15, -0.1) is 0 Å². The van der Waals surface area contributed by atoms with Crippen molar-refractivity contribution in [3.05, 3.63) is 71.4 Å². The van der Waals surface area contributed by atoms with Crippen molar-refractivity contribution in [2.75, 3.05) is 20.3 Å². The number of amides is 1. The minimum atomic E-state index is -4.57. The number of methoxy groups -OCH3 is 1. The van der Waals surface area contributed by atoms with Gasteiger partial charge in [0, 0.05) is 24.3 Å². The zero-order chi connectivity index (χ0) is 29.2. The number of benzene rings is 2. The average Bonchev–Trinajstić information content (AvgIpc) is 3.28. The lowest BCUT2D eigenvalue weighted by Crippen LogP contribution is -2.36. The van der Waals surface area contributed by atoms with Crippen LogP contribution in [0.5, 0.6) is 5.75 Å². The van der Waals surface area contributed by atoms with Gasteiger partial charge in [0.15, 0.2) is 0 Å². The maximum absolute atomic E-state index is 13.5. The Morgan fingerprint density at radius 3 is 2.38 bits per heavy atom. The van der Waals surface area contributed by atoms with Crippen LogP contribution >= 0.6 is 0 Å². The van der Waals surface area contributed by atoms with E-state index in [0.717, 1.165) is 11.1 Å². The quantitative estimate of drug-likeness (QED) is 0.375. The molecule has 7 nitrogen and oxygen atoms in total. The lowest BCUT2D eigenvalue weighted by molar-refractivity contribution is -0.123. The first-order valence-electron chi connectivity index (χ1n) is 12.8. The zero-order valence-electron chi connectivity index (χ0n) is 22.7. The van der Waals surface area contributed by atoms with E-state index in [9.17, 15) is 27.3 Å². The van der Waals surface area contributed by atoms with Crippen molar-refractivity contribution < 1.29 is 32.0 Å². The van der Waals surface area contributed by atoms with Gasteiger partial charge in [0.1, 0.15) is 29.0 Å². The molecule has 0 bridgehead atoms. The van der Waals surface area contributed by atoms with Gasteiger partial charge in [-0.25, -0.2) is 13.5 Å². The predicted octanol–water partition coefficient (Wildman–Crippen LogP) is 5.42. The molecule has 4 rings (SSSR count). The number of alkyl halides is 3. The summed E-state index contributed by atoms with van der Waals surface area (Å²) in [4.78, 5) is 17.4. The first-order valence-corrected chi connectivity index (χ1v) is 13.9. The van der Waals surface area contributed by atoms with Crippen molar-refractivity contribution in [2.45, 2.75) is 50.7 Å². The third kappa shape index (κ3) is 6.54. The smallest absolute Gasteiger partial charge is 0.405 e. The van der Waals surface area contributed by atoms with E-state index in [4.69, 9.17) is 4.74 Å². The molecule has 0 spiro atoms. The summed E-state index contributed by atoms with van der Waals surface area (Å²) in [6.07, 6.45) is -4.31. The van der Waals surface area contributed by atoms with E-state index in [1.54, 1.807) is 11.4 Å². The number of carbonyl (C=O) groups is 1. The molecule has 2 heterocycles. The second-order valence-electron chi connectivity index (χ2n) is 10.5. The molecular formula is C29H32F3N3O4S. The van der Waals surface area contributed by atoms with Crippen LogP contribution in [0.1, 0.15) is 54.8 Å². The number of aliphatic hydroxyl groups is 1. The standard InChI is InChI=1S/C29H32F3N3O4S/c1-28(2,3)40(38)35-16-21-15-23(27(37)33-17-29(30,31)32)34-26(25(21)24(35)12-13-36)20-7-5-6-19(14-20)18-8-10-22(39-4)11-9-18/h5-11,14-15,24,36H,12-13,16-17H2,1-4H3,(H,33,37)/t24-,40-/m0/s1. The summed E-state index contributed by atoms with van der Waals surface area (Å²) in [5, 5.41) is 11.8. The number of carbonyl (C=O) groups excluding carboxylic acids is 1. The van der Waals surface area contributed by atoms with Gasteiger partial charge in [-0.2, -0.15) is 13.2 Å². The summed E-state index contributed by atoms with van der Waals surface area (Å²) in [5.74, 6) is -0.252. The Balaban J connectivity index is 1.86. The molecule has 0 saturated heterocycles. The molecule has 11 heteroatoms. The fourth-order valence-electron chi connectivity index (χ4n) is 4.71. The number of hydrogen-bond acceptors (Lipinski definition) is 5. The van der Waals surface area contributed by atoms with Crippen molar-refractivity contribution in [1.29, 1.82) is 0 Å². The van der Waals surface area contributed by atoms with Crippen molar-refractivity contribution in [1.82, 2.24) is 14.6 Å². The lowest BCUT2D eigenvalue weighted by Gasteiger charge is -2.30. The highest BCUT2D eigenvalue weighted by molar-refractivity contribution is 7.84. The Kier molecular flexibility index (Phi) is 8.67. The SMILES string of the molecule is COc1ccc(-c2cccc(-c3nc(C(=O)NCC(F)(F)F)cc4c3[C@H](CCO)N([S@@](=O)C(C)(C)C)C4)c2)cc1. The first-order chi connectivity index (χ1) is 18.8. The van der Waals surface area contributed by atoms with E-state index >= 15 is 0 Å². The van der Waals surface area contributed by atoms with Crippen molar-refractivity contribution in [3.8, 4) is 28.1 Å². The molecule has 0 fully saturated rings. The summed E-state index contributed by atoms with van der Waals surface area (Å²) in [6, 6.07) is 15.9. The molecule has 2 atom stereocenters. The number of pyridine rings is 1. The van der Waals surface area contributed by atoms with Crippen LogP contribution in [0, 0.1) is 0 Å². The molecule has 0 radical (unpaired) electrons. The van der Waals surface area contributed by atoms with Crippen LogP contribution in [0.25, 0.3) is 22.4 Å². The number of hydrogen-bond donors (Lipinski definition) is 2. The number of fused-ring (bicyclic) bond motifs is 1. The second kappa shape index (κ2) is 11.7. The highest BCUT2D eigenvalue weighted by Crippen LogP contribution is 2.44. The van der Waals surface area contributed by atoms with Crippen molar-refractivity contribution >= 4 is 16.9 Å². The maximum Gasteiger partial charge on any atom is 0.405 e. The predicted molar refractivity (Wildman–Crippen MR) is 148 cm³/mol. The molecule has 1 amide bonds. The highest BCUT2D eigenvalue weighted by atomic mass is 32.2. The minimum absolute atomic E-state index is 0.168. The molecule has 2 aromatic carbocycles. The fraction of sp³-hybridized carbons (Fsp3) is 0.379. The summed E-state index contributed by atoms with van der Waals surface area (Å²) in [5.41, 5.74) is 3.96. The van der Waals surface area contributed by atoms with E-state index in [1.807, 2.05) is 74.6 Å². The molecule has 1 aromatic heterocycles. The van der Waals surface area contributed by atoms with Crippen LogP contribution in [0.15, 0.2) is 54.6 Å². The van der Waals surface area contributed by atoms with Gasteiger partial charge in [0.2, 0.25) is 0 Å². The fourth-order valence-corrected chi connectivity index (χ4v) is 6.11. The molecule has 40 heavy (non-hydrogen) atoms. The Bertz CT molecular complexity index is 1410. The van der Waals surface area contributed by atoms with E-state index in [0.29, 0.717) is 28.1 Å². The van der Waals surface area contributed by atoms with E-state index in [1.165, 1.54) is 6.07 Å². The Morgan fingerprint density at radius 2 is 1.77 bits per heavy atom. The van der Waals surface area contributed by atoms with E-state index in [-0.39, 0.29) is 25.3 Å². The largest absolute Gasteiger partial charge is 0.497 e. The average molecular weight is 576 g/mol. The third-order valence-electron chi connectivity index (χ3n) is 6.53. The van der Waals surface area contributed by atoms with Crippen LogP contribution in [0.3, 0.4) is 0 Å². The molecule has 0 saturated carbocycles. The minimum Gasteiger partial charge on any atom is -0.497 e. The lowest BCUT2D eigenvalue weighted by atomic mass is 9.94. The van der Waals surface area contributed by atoms with Crippen LogP contribution in [-0.2, 0) is 17.5 Å². The molecule has 1 aliphatic heterocycles. The molecule has 0 aliphatic carbocycles. The number of nitrogens with zero attached hydrogens (tertiary/aromatic N) is 2. The van der Waals surface area contributed by atoms with Gasteiger partial charge in [0.05, 0.1) is 23.6 Å². The molecule has 1 aliphatic rings. The normalized spacial score (nSPS) is 16.4. The van der Waals surface area contributed by atoms with Crippen LogP contribution in [-0.4, -0.2) is 55.7 Å². The molecule has 0 unspecified atom stereocenters. The van der Waals surface area contributed by atoms with Crippen LogP contribution < -0.4 is 10.1 Å². The van der Waals surface area contributed by atoms with E-state index in [2.05, 4.69) is 4.98 Å². The number of aliphatic hydroxyl groups excluding tert-OH is 1. The molecule has 2 N–H and O–H groups in total. The molecule has 3 aromatic rings. The maximum atomic E-state index is 13.5. The first kappa shape index (κ1) is 29.7. The Labute approximate surface area is 234 Å². The molecular weight excluding hydrogens is 543 g/mol. The summed E-state index contributed by atoms with van der Waals surface area (Å²) in [7, 11) is 0.110. The zero-order valence-corrected chi connectivity index (χ0v) is 23.5. The Morgan fingerprint density at radius 1 is 1.10 bits per heavy atom. The van der Waals surface area contributed by atoms with Gasteiger partial charge in [-0.1, -0.05) is 30.3 Å². The summed E-state index contributed by atoms with van der Waals surface area (Å²) in [6.45, 7) is 4.05. The van der Waals surface area contributed by atoms with Gasteiger partial charge in [0.25, 0.3) is 5.91 Å². The topological polar surface area (TPSA) is 91.8 Å². The Hall–Kier alpha value is -3.28. The van der Waals surface area contributed by atoms with E-state index < -0.39 is 40.4 Å². The summed E-state index contributed by atoms with van der Waals surface area (Å²) < 4.78 is 58.4. The molecule has 214 valence electrons. The van der Waals surface area contributed by atoms with Crippen molar-refractivity contribution in [2.24, 2.45) is 0 Å². The monoisotopic (exact) mass is 575 g/mol. The van der Waals surface area contributed by atoms with Crippen molar-refractivity contribution in [3.63, 3.8) is 0 Å². The van der Waals surface area contributed by atoms with Gasteiger partial charge in [-0.3, -0.25) is 4.79 Å². The van der Waals surface area contributed by atoms with Crippen LogP contribution in [0.2, 0.25) is 0 Å². The number of rotatable bonds is 8. The highest BCUT2D eigenvalue weighted by Gasteiger charge is 2.40. The van der Waals surface area contributed by atoms with Crippen LogP contribution in [0.4, 0.5) is 13.2 Å². The summed E-state index contributed by atoms with van der Waals surface area (Å²) >= 11 is 0. The second-order valence-corrected chi connectivity index (χ2v) is 12.7.